The summed E-state index contributed by atoms with van der Waals surface area (Å²) in [5, 5.41) is 11.0. The summed E-state index contributed by atoms with van der Waals surface area (Å²) in [5.74, 6) is -1.46. The highest BCUT2D eigenvalue weighted by molar-refractivity contribution is 6.21. The normalized spacial score (nSPS) is 14.8. The van der Waals surface area contributed by atoms with Crippen molar-refractivity contribution in [1.82, 2.24) is 10.2 Å². The Bertz CT molecular complexity index is 807. The Balaban J connectivity index is 0.000000143. The lowest BCUT2D eigenvalue weighted by molar-refractivity contribution is 0.0489. The number of nitrogens with one attached hydrogen (secondary N) is 1. The van der Waals surface area contributed by atoms with Gasteiger partial charge in [0.05, 0.1) is 22.3 Å². The van der Waals surface area contributed by atoms with Crippen molar-refractivity contribution in [3.05, 3.63) is 70.8 Å². The second-order valence-corrected chi connectivity index (χ2v) is 5.05. The number of aliphatic hydroxyl groups is 1. The number of nitrogens with zero attached hydrogens (tertiary/aromatic N) is 1. The lowest BCUT2D eigenvalue weighted by Crippen LogP contribution is -2.30. The SMILES string of the molecule is O=C1NC(=O)c2ccccc21.O=C1c2ccccc2C(=O)N1CO. The molecule has 0 aliphatic carbocycles. The van der Waals surface area contributed by atoms with Gasteiger partial charge in [-0.3, -0.25) is 29.4 Å². The van der Waals surface area contributed by atoms with E-state index in [2.05, 4.69) is 5.32 Å². The molecule has 0 saturated heterocycles. The van der Waals surface area contributed by atoms with Crippen molar-refractivity contribution in [2.24, 2.45) is 0 Å². The van der Waals surface area contributed by atoms with Crippen LogP contribution in [0, 0.1) is 0 Å². The van der Waals surface area contributed by atoms with Crippen molar-refractivity contribution in [3.8, 4) is 0 Å². The van der Waals surface area contributed by atoms with Gasteiger partial charge in [0.25, 0.3) is 23.6 Å². The summed E-state index contributed by atoms with van der Waals surface area (Å²) in [4.78, 5) is 45.5. The molecule has 2 heterocycles. The van der Waals surface area contributed by atoms with Crippen molar-refractivity contribution >= 4 is 23.6 Å². The molecule has 0 bridgehead atoms. The second-order valence-electron chi connectivity index (χ2n) is 5.05. The standard InChI is InChI=1S/C9H7NO3.C8H5NO2/c11-5-10-8(12)6-3-1-2-4-7(6)9(10)13;10-7-5-3-1-2-4-6(5)8(11)9-7/h1-4,11H,5H2;1-4H,(H,9,10,11). The molecule has 4 amide bonds. The van der Waals surface area contributed by atoms with Crippen LogP contribution in [0.3, 0.4) is 0 Å². The number of rotatable bonds is 1. The number of fused-ring (bicyclic) bond motifs is 2. The first-order valence-corrected chi connectivity index (χ1v) is 7.05. The van der Waals surface area contributed by atoms with Gasteiger partial charge in [0.15, 0.2) is 0 Å². The van der Waals surface area contributed by atoms with Gasteiger partial charge in [-0.15, -0.1) is 0 Å². The molecule has 0 atom stereocenters. The van der Waals surface area contributed by atoms with Crippen LogP contribution in [0.4, 0.5) is 0 Å². The van der Waals surface area contributed by atoms with Crippen molar-refractivity contribution in [2.45, 2.75) is 0 Å². The quantitative estimate of drug-likeness (QED) is 0.755. The molecule has 0 saturated carbocycles. The minimum Gasteiger partial charge on any atom is -0.376 e. The average Bonchev–Trinajstić information content (AvgIpc) is 3.03. The topological polar surface area (TPSA) is 104 Å². The van der Waals surface area contributed by atoms with Crippen LogP contribution in [0.5, 0.6) is 0 Å². The molecule has 4 rings (SSSR count). The van der Waals surface area contributed by atoms with Gasteiger partial charge < -0.3 is 5.11 Å². The maximum Gasteiger partial charge on any atom is 0.263 e. The molecule has 7 nitrogen and oxygen atoms in total. The Morgan fingerprint density at radius 3 is 1.46 bits per heavy atom. The highest BCUT2D eigenvalue weighted by Gasteiger charge is 2.34. The fraction of sp³-hybridized carbons (Fsp3) is 0.0588. The zero-order chi connectivity index (χ0) is 17.3. The van der Waals surface area contributed by atoms with Gasteiger partial charge in [-0.05, 0) is 24.3 Å². The van der Waals surface area contributed by atoms with Crippen LogP contribution in [0.1, 0.15) is 41.4 Å². The van der Waals surface area contributed by atoms with E-state index in [0.29, 0.717) is 22.3 Å². The van der Waals surface area contributed by atoms with Crippen LogP contribution < -0.4 is 5.32 Å². The number of hydrogen-bond acceptors (Lipinski definition) is 5. The predicted molar refractivity (Wildman–Crippen MR) is 82.3 cm³/mol. The van der Waals surface area contributed by atoms with Crippen LogP contribution in [-0.4, -0.2) is 40.4 Å². The Kier molecular flexibility index (Phi) is 3.93. The van der Waals surface area contributed by atoms with E-state index in [1.165, 1.54) is 0 Å². The molecule has 24 heavy (non-hydrogen) atoms. The van der Waals surface area contributed by atoms with Gasteiger partial charge in [-0.2, -0.15) is 0 Å². The van der Waals surface area contributed by atoms with Gasteiger partial charge in [-0.25, -0.2) is 0 Å². The van der Waals surface area contributed by atoms with Crippen LogP contribution >= 0.6 is 0 Å². The first-order chi connectivity index (χ1) is 11.5. The van der Waals surface area contributed by atoms with E-state index in [-0.39, 0.29) is 11.8 Å². The van der Waals surface area contributed by atoms with E-state index in [9.17, 15) is 19.2 Å². The molecule has 2 aliphatic rings. The summed E-state index contributed by atoms with van der Waals surface area (Å²) in [6.07, 6.45) is 0. The van der Waals surface area contributed by atoms with Crippen LogP contribution in [-0.2, 0) is 0 Å². The van der Waals surface area contributed by atoms with Crippen LogP contribution in [0.2, 0.25) is 0 Å². The van der Waals surface area contributed by atoms with Gasteiger partial charge in [0.1, 0.15) is 6.73 Å². The monoisotopic (exact) mass is 324 g/mol. The summed E-state index contributed by atoms with van der Waals surface area (Å²) < 4.78 is 0. The van der Waals surface area contributed by atoms with Crippen molar-refractivity contribution < 1.29 is 24.3 Å². The maximum atomic E-state index is 11.4. The third-order valence-corrected chi connectivity index (χ3v) is 3.66. The first-order valence-electron chi connectivity index (χ1n) is 7.05. The van der Waals surface area contributed by atoms with E-state index in [1.54, 1.807) is 48.5 Å². The van der Waals surface area contributed by atoms with Crippen LogP contribution in [0.25, 0.3) is 0 Å². The molecule has 2 N–H and O–H groups in total. The Morgan fingerprint density at radius 1 is 0.708 bits per heavy atom. The number of amides is 4. The molecule has 2 aromatic carbocycles. The first kappa shape index (κ1) is 15.6. The van der Waals surface area contributed by atoms with E-state index in [1.807, 2.05) is 0 Å². The summed E-state index contributed by atoms with van der Waals surface area (Å²) >= 11 is 0. The van der Waals surface area contributed by atoms with E-state index in [0.717, 1.165) is 4.90 Å². The Morgan fingerprint density at radius 2 is 1.08 bits per heavy atom. The highest BCUT2D eigenvalue weighted by atomic mass is 16.3. The third kappa shape index (κ3) is 2.46. The number of carbonyl (C=O) groups is 4. The Labute approximate surface area is 136 Å². The van der Waals surface area contributed by atoms with Gasteiger partial charge in [-0.1, -0.05) is 24.3 Å². The van der Waals surface area contributed by atoms with Crippen molar-refractivity contribution in [1.29, 1.82) is 0 Å². The van der Waals surface area contributed by atoms with E-state index in [4.69, 9.17) is 5.11 Å². The largest absolute Gasteiger partial charge is 0.376 e. The van der Waals surface area contributed by atoms with Gasteiger partial charge in [0, 0.05) is 0 Å². The molecule has 0 spiro atoms. The molecular formula is C17H12N2O5. The zero-order valence-electron chi connectivity index (χ0n) is 12.4. The van der Waals surface area contributed by atoms with Crippen LogP contribution in [0.15, 0.2) is 48.5 Å². The third-order valence-electron chi connectivity index (χ3n) is 3.66. The minimum absolute atomic E-state index is 0.300. The molecule has 7 heteroatoms. The number of aliphatic hydroxyl groups excluding tert-OH is 1. The summed E-state index contributed by atoms with van der Waals surface area (Å²) in [6, 6.07) is 13.3. The lowest BCUT2D eigenvalue weighted by atomic mass is 10.1. The average molecular weight is 324 g/mol. The van der Waals surface area contributed by atoms with Crippen molar-refractivity contribution in [3.63, 3.8) is 0 Å². The molecule has 0 aromatic heterocycles. The molecular weight excluding hydrogens is 312 g/mol. The highest BCUT2D eigenvalue weighted by Crippen LogP contribution is 2.21. The maximum absolute atomic E-state index is 11.4. The lowest BCUT2D eigenvalue weighted by Gasteiger charge is -2.07. The number of carbonyl (C=O) groups excluding carboxylic acids is 4. The van der Waals surface area contributed by atoms with E-state index < -0.39 is 18.5 Å². The van der Waals surface area contributed by atoms with Gasteiger partial charge in [0.2, 0.25) is 0 Å². The molecule has 0 unspecified atom stereocenters. The van der Waals surface area contributed by atoms with Crippen molar-refractivity contribution in [2.75, 3.05) is 6.73 Å². The number of imide groups is 2. The summed E-state index contributed by atoms with van der Waals surface area (Å²) in [7, 11) is 0. The fourth-order valence-electron chi connectivity index (χ4n) is 2.48. The minimum atomic E-state index is -0.563. The predicted octanol–water partition coefficient (Wildman–Crippen LogP) is 0.803. The molecule has 120 valence electrons. The number of benzene rings is 2. The molecule has 0 radical (unpaired) electrons. The van der Waals surface area contributed by atoms with Gasteiger partial charge >= 0.3 is 0 Å². The molecule has 0 fully saturated rings. The second kappa shape index (κ2) is 6.05. The summed E-state index contributed by atoms with van der Waals surface area (Å²) in [5.41, 5.74) is 1.66. The summed E-state index contributed by atoms with van der Waals surface area (Å²) in [6.45, 7) is -0.563. The smallest absolute Gasteiger partial charge is 0.263 e. The fourth-order valence-corrected chi connectivity index (χ4v) is 2.48. The Hall–Kier alpha value is -3.32. The molecule has 2 aromatic rings. The molecule has 2 aliphatic heterocycles. The number of hydrogen-bond donors (Lipinski definition) is 2. The van der Waals surface area contributed by atoms with E-state index >= 15 is 0 Å². The zero-order valence-corrected chi connectivity index (χ0v) is 12.4.